The molecule has 1 N–H and O–H groups in total. The Morgan fingerprint density at radius 3 is 2.54 bits per heavy atom. The lowest BCUT2D eigenvalue weighted by Gasteiger charge is -2.21. The molecule has 7 heteroatoms. The Bertz CT molecular complexity index is 632. The first-order valence-electron chi connectivity index (χ1n) is 8.55. The number of hydrogen-bond donors (Lipinski definition) is 1. The monoisotopic (exact) mass is 353 g/mol. The van der Waals surface area contributed by atoms with Crippen molar-refractivity contribution in [2.45, 2.75) is 18.9 Å². The molecule has 24 heavy (non-hydrogen) atoms. The van der Waals surface area contributed by atoms with Crippen LogP contribution in [0.25, 0.3) is 0 Å². The predicted molar refractivity (Wildman–Crippen MR) is 94.1 cm³/mol. The fourth-order valence-corrected chi connectivity index (χ4v) is 4.17. The van der Waals surface area contributed by atoms with E-state index >= 15 is 0 Å². The van der Waals surface area contributed by atoms with Crippen LogP contribution in [0.5, 0.6) is 5.75 Å². The van der Waals surface area contributed by atoms with Crippen molar-refractivity contribution in [1.82, 2.24) is 13.9 Å². The molecule has 2 unspecified atom stereocenters. The van der Waals surface area contributed by atoms with Gasteiger partial charge >= 0.3 is 0 Å². The molecule has 0 spiro atoms. The molecule has 0 amide bonds. The third-order valence-electron chi connectivity index (χ3n) is 4.87. The summed E-state index contributed by atoms with van der Waals surface area (Å²) in [6.45, 7) is 3.14. The van der Waals surface area contributed by atoms with Crippen LogP contribution in [0.2, 0.25) is 0 Å². The van der Waals surface area contributed by atoms with Crippen molar-refractivity contribution in [3.8, 4) is 5.75 Å². The first-order chi connectivity index (χ1) is 11.5. The summed E-state index contributed by atoms with van der Waals surface area (Å²) >= 11 is 0. The molecule has 0 radical (unpaired) electrons. The van der Waals surface area contributed by atoms with Crippen LogP contribution < -0.4 is 9.46 Å². The van der Waals surface area contributed by atoms with Crippen LogP contribution in [-0.4, -0.2) is 64.0 Å². The van der Waals surface area contributed by atoms with Gasteiger partial charge < -0.3 is 4.74 Å². The summed E-state index contributed by atoms with van der Waals surface area (Å²) in [6.07, 6.45) is 2.44. The molecule has 1 saturated heterocycles. The van der Waals surface area contributed by atoms with Gasteiger partial charge in [-0.3, -0.25) is 4.90 Å². The highest BCUT2D eigenvalue weighted by atomic mass is 32.2. The average molecular weight is 353 g/mol. The highest BCUT2D eigenvalue weighted by Crippen LogP contribution is 2.41. The van der Waals surface area contributed by atoms with Gasteiger partial charge in [0.2, 0.25) is 0 Å². The van der Waals surface area contributed by atoms with Crippen molar-refractivity contribution in [2.24, 2.45) is 11.8 Å². The molecule has 1 aliphatic heterocycles. The summed E-state index contributed by atoms with van der Waals surface area (Å²) in [7, 11) is -0.253. The predicted octanol–water partition coefficient (Wildman–Crippen LogP) is 1.17. The minimum absolute atomic E-state index is 0.00150. The SMILES string of the molecule is CN(C)S(=O)(=O)NC1CN(CCOc2ccccc2)CC1C1CC1. The third-order valence-corrected chi connectivity index (χ3v) is 6.43. The van der Waals surface area contributed by atoms with Crippen molar-refractivity contribution in [3.63, 3.8) is 0 Å². The molecule has 2 aliphatic rings. The van der Waals surface area contributed by atoms with Crippen molar-refractivity contribution < 1.29 is 13.2 Å². The standard InChI is InChI=1S/C17H27N3O3S/c1-19(2)24(21,22)18-17-13-20(12-16(17)14-8-9-14)10-11-23-15-6-4-3-5-7-15/h3-7,14,16-18H,8-13H2,1-2H3. The van der Waals surface area contributed by atoms with E-state index in [2.05, 4.69) is 9.62 Å². The van der Waals surface area contributed by atoms with Gasteiger partial charge in [0.1, 0.15) is 12.4 Å². The highest BCUT2D eigenvalue weighted by Gasteiger charge is 2.43. The van der Waals surface area contributed by atoms with Gasteiger partial charge in [-0.1, -0.05) is 18.2 Å². The maximum absolute atomic E-state index is 12.2. The van der Waals surface area contributed by atoms with E-state index in [0.29, 0.717) is 18.4 Å². The van der Waals surface area contributed by atoms with Gasteiger partial charge in [0.25, 0.3) is 10.2 Å². The van der Waals surface area contributed by atoms with E-state index in [1.54, 1.807) is 14.1 Å². The second kappa shape index (κ2) is 7.39. The Hall–Kier alpha value is -1.15. The second-order valence-electron chi connectivity index (χ2n) is 6.93. The number of benzene rings is 1. The van der Waals surface area contributed by atoms with Crippen molar-refractivity contribution in [3.05, 3.63) is 30.3 Å². The molecule has 3 rings (SSSR count). The lowest BCUT2D eigenvalue weighted by atomic mass is 9.99. The zero-order valence-electron chi connectivity index (χ0n) is 14.4. The van der Waals surface area contributed by atoms with Crippen LogP contribution in [0.4, 0.5) is 0 Å². The van der Waals surface area contributed by atoms with Crippen LogP contribution in [0.3, 0.4) is 0 Å². The number of likely N-dealkylation sites (tertiary alicyclic amines) is 1. The number of para-hydroxylation sites is 1. The topological polar surface area (TPSA) is 61.9 Å². The van der Waals surface area contributed by atoms with E-state index in [0.717, 1.165) is 25.4 Å². The first kappa shape index (κ1) is 17.7. The molecule has 1 aromatic rings. The number of hydrogen-bond acceptors (Lipinski definition) is 4. The molecule has 1 aromatic carbocycles. The third kappa shape index (κ3) is 4.47. The second-order valence-corrected chi connectivity index (χ2v) is 8.85. The Morgan fingerprint density at radius 2 is 1.92 bits per heavy atom. The highest BCUT2D eigenvalue weighted by molar-refractivity contribution is 7.87. The zero-order valence-corrected chi connectivity index (χ0v) is 15.2. The number of nitrogens with one attached hydrogen (secondary N) is 1. The Labute approximate surface area is 145 Å². The zero-order chi connectivity index (χ0) is 17.2. The lowest BCUT2D eigenvalue weighted by molar-refractivity contribution is 0.230. The summed E-state index contributed by atoms with van der Waals surface area (Å²) < 4.78 is 34.2. The quantitative estimate of drug-likeness (QED) is 0.762. The summed E-state index contributed by atoms with van der Waals surface area (Å²) in [6, 6.07) is 9.78. The van der Waals surface area contributed by atoms with E-state index in [9.17, 15) is 8.42 Å². The average Bonchev–Trinajstić information content (AvgIpc) is 3.31. The van der Waals surface area contributed by atoms with Gasteiger partial charge in [-0.05, 0) is 36.8 Å². The molecule has 1 aliphatic carbocycles. The van der Waals surface area contributed by atoms with Gasteiger partial charge in [-0.15, -0.1) is 0 Å². The normalized spacial score (nSPS) is 25.3. The summed E-state index contributed by atoms with van der Waals surface area (Å²) in [4.78, 5) is 2.31. The van der Waals surface area contributed by atoms with E-state index in [1.165, 1.54) is 17.1 Å². The maximum Gasteiger partial charge on any atom is 0.279 e. The lowest BCUT2D eigenvalue weighted by Crippen LogP contribution is -2.46. The molecule has 1 saturated carbocycles. The first-order valence-corrected chi connectivity index (χ1v) is 10.00. The van der Waals surface area contributed by atoms with E-state index in [-0.39, 0.29) is 6.04 Å². The minimum atomic E-state index is -3.38. The molecular weight excluding hydrogens is 326 g/mol. The van der Waals surface area contributed by atoms with Gasteiger partial charge in [0, 0.05) is 39.8 Å². The molecule has 6 nitrogen and oxygen atoms in total. The molecule has 1 heterocycles. The number of ether oxygens (including phenoxy) is 1. The van der Waals surface area contributed by atoms with Crippen molar-refractivity contribution >= 4 is 10.2 Å². The fraction of sp³-hybridized carbons (Fsp3) is 0.647. The van der Waals surface area contributed by atoms with Crippen LogP contribution in [0, 0.1) is 11.8 Å². The Balaban J connectivity index is 1.53. The van der Waals surface area contributed by atoms with E-state index in [1.807, 2.05) is 30.3 Å². The minimum Gasteiger partial charge on any atom is -0.492 e. The van der Waals surface area contributed by atoms with Crippen LogP contribution in [0.15, 0.2) is 30.3 Å². The van der Waals surface area contributed by atoms with Crippen molar-refractivity contribution in [2.75, 3.05) is 40.3 Å². The number of nitrogens with zero attached hydrogens (tertiary/aromatic N) is 2. The van der Waals surface area contributed by atoms with Gasteiger partial charge in [0.15, 0.2) is 0 Å². The van der Waals surface area contributed by atoms with Crippen molar-refractivity contribution in [1.29, 1.82) is 0 Å². The van der Waals surface area contributed by atoms with E-state index < -0.39 is 10.2 Å². The van der Waals surface area contributed by atoms with Gasteiger partial charge in [0.05, 0.1) is 0 Å². The molecule has 134 valence electrons. The molecule has 0 bridgehead atoms. The Kier molecular flexibility index (Phi) is 5.44. The fourth-order valence-electron chi connectivity index (χ4n) is 3.33. The van der Waals surface area contributed by atoms with Gasteiger partial charge in [-0.2, -0.15) is 17.4 Å². The molecular formula is C17H27N3O3S. The van der Waals surface area contributed by atoms with Crippen LogP contribution >= 0.6 is 0 Å². The molecule has 2 atom stereocenters. The largest absolute Gasteiger partial charge is 0.492 e. The van der Waals surface area contributed by atoms with Crippen LogP contribution in [-0.2, 0) is 10.2 Å². The smallest absolute Gasteiger partial charge is 0.279 e. The Morgan fingerprint density at radius 1 is 1.21 bits per heavy atom. The summed E-state index contributed by atoms with van der Waals surface area (Å²) in [5.41, 5.74) is 0. The summed E-state index contributed by atoms with van der Waals surface area (Å²) in [5, 5.41) is 0. The van der Waals surface area contributed by atoms with Crippen LogP contribution in [0.1, 0.15) is 12.8 Å². The summed E-state index contributed by atoms with van der Waals surface area (Å²) in [5.74, 6) is 1.96. The molecule has 2 fully saturated rings. The van der Waals surface area contributed by atoms with E-state index in [4.69, 9.17) is 4.74 Å². The maximum atomic E-state index is 12.2. The number of rotatable bonds is 8. The molecule has 0 aromatic heterocycles. The van der Waals surface area contributed by atoms with Gasteiger partial charge in [-0.25, -0.2) is 0 Å².